The van der Waals surface area contributed by atoms with E-state index < -0.39 is 11.2 Å². The molecule has 0 amide bonds. The summed E-state index contributed by atoms with van der Waals surface area (Å²) in [6, 6.07) is 12.0. The Morgan fingerprint density at radius 2 is 2.08 bits per heavy atom. The molecular weight excluding hydrogens is 308 g/mol. The number of aromatic amines is 1. The van der Waals surface area contributed by atoms with Gasteiger partial charge in [-0.3, -0.25) is 19.2 Å². The van der Waals surface area contributed by atoms with Gasteiger partial charge in [0.15, 0.2) is 0 Å². The van der Waals surface area contributed by atoms with Crippen LogP contribution in [0.3, 0.4) is 0 Å². The molecule has 1 unspecified atom stereocenters. The second kappa shape index (κ2) is 7.25. The Balaban J connectivity index is 1.69. The van der Waals surface area contributed by atoms with Gasteiger partial charge < -0.3 is 4.74 Å². The average molecular weight is 326 g/mol. The van der Waals surface area contributed by atoms with E-state index in [0.29, 0.717) is 19.7 Å². The van der Waals surface area contributed by atoms with Crippen LogP contribution in [-0.4, -0.2) is 40.3 Å². The zero-order valence-corrected chi connectivity index (χ0v) is 13.1. The molecule has 1 aliphatic heterocycles. The summed E-state index contributed by atoms with van der Waals surface area (Å²) in [5.41, 5.74) is -0.0329. The van der Waals surface area contributed by atoms with Crippen LogP contribution in [0.2, 0.25) is 0 Å². The van der Waals surface area contributed by atoms with Gasteiger partial charge >= 0.3 is 5.69 Å². The van der Waals surface area contributed by atoms with Gasteiger partial charge in [0.2, 0.25) is 0 Å². The summed E-state index contributed by atoms with van der Waals surface area (Å²) in [6.45, 7) is 3.22. The van der Waals surface area contributed by atoms with Crippen molar-refractivity contribution in [3.05, 3.63) is 68.5 Å². The average Bonchev–Trinajstić information content (AvgIpc) is 2.58. The monoisotopic (exact) mass is 326 g/mol. The van der Waals surface area contributed by atoms with Crippen molar-refractivity contribution in [1.29, 1.82) is 5.26 Å². The third-order valence-electron chi connectivity index (χ3n) is 4.00. The van der Waals surface area contributed by atoms with Gasteiger partial charge in [0.1, 0.15) is 11.6 Å². The molecule has 0 bridgehead atoms. The van der Waals surface area contributed by atoms with Gasteiger partial charge in [-0.15, -0.1) is 0 Å². The van der Waals surface area contributed by atoms with E-state index >= 15 is 0 Å². The quantitative estimate of drug-likeness (QED) is 0.873. The minimum atomic E-state index is -0.658. The molecular formula is C17H18N4O3. The fourth-order valence-corrected chi connectivity index (χ4v) is 2.82. The Hall–Kier alpha value is -2.69. The first kappa shape index (κ1) is 16.2. The lowest BCUT2D eigenvalue weighted by atomic mass is 10.2. The van der Waals surface area contributed by atoms with Crippen molar-refractivity contribution < 1.29 is 4.74 Å². The summed E-state index contributed by atoms with van der Waals surface area (Å²) < 4.78 is 7.06. The van der Waals surface area contributed by atoms with E-state index in [1.807, 2.05) is 18.2 Å². The fraction of sp³-hybridized carbons (Fsp3) is 0.353. The third kappa shape index (κ3) is 3.79. The number of hydrogen-bond donors (Lipinski definition) is 1. The molecule has 3 rings (SSSR count). The van der Waals surface area contributed by atoms with Crippen LogP contribution in [0.4, 0.5) is 0 Å². The molecule has 124 valence electrons. The van der Waals surface area contributed by atoms with Crippen LogP contribution < -0.4 is 11.2 Å². The maximum Gasteiger partial charge on any atom is 0.328 e. The number of rotatable bonds is 4. The SMILES string of the molecule is N#Cc1cn(CC2CN(Cc3ccccc3)CCO2)c(=O)[nH]c1=O. The lowest BCUT2D eigenvalue weighted by Gasteiger charge is -2.33. The molecule has 1 aromatic heterocycles. The van der Waals surface area contributed by atoms with Gasteiger partial charge in [0, 0.05) is 25.8 Å². The van der Waals surface area contributed by atoms with Crippen molar-refractivity contribution in [2.45, 2.75) is 19.2 Å². The van der Waals surface area contributed by atoms with Crippen LogP contribution in [0.5, 0.6) is 0 Å². The number of nitrogens with one attached hydrogen (secondary N) is 1. The minimum absolute atomic E-state index is 0.0773. The summed E-state index contributed by atoms with van der Waals surface area (Å²) >= 11 is 0. The molecule has 24 heavy (non-hydrogen) atoms. The van der Waals surface area contributed by atoms with Crippen molar-refractivity contribution in [1.82, 2.24) is 14.5 Å². The maximum atomic E-state index is 11.9. The van der Waals surface area contributed by atoms with Crippen molar-refractivity contribution in [3.8, 4) is 6.07 Å². The fourth-order valence-electron chi connectivity index (χ4n) is 2.82. The Bertz CT molecular complexity index is 851. The van der Waals surface area contributed by atoms with Gasteiger partial charge in [0.25, 0.3) is 5.56 Å². The molecule has 1 N–H and O–H groups in total. The van der Waals surface area contributed by atoms with Crippen LogP contribution >= 0.6 is 0 Å². The highest BCUT2D eigenvalue weighted by Crippen LogP contribution is 2.11. The van der Waals surface area contributed by atoms with Crippen LogP contribution in [0.1, 0.15) is 11.1 Å². The van der Waals surface area contributed by atoms with E-state index in [-0.39, 0.29) is 11.7 Å². The first-order valence-electron chi connectivity index (χ1n) is 7.77. The lowest BCUT2D eigenvalue weighted by Crippen LogP contribution is -2.45. The summed E-state index contributed by atoms with van der Waals surface area (Å²) in [6.07, 6.45) is 1.12. The first-order valence-corrected chi connectivity index (χ1v) is 7.77. The van der Waals surface area contributed by atoms with Crippen LogP contribution in [0.25, 0.3) is 0 Å². The summed E-state index contributed by atoms with van der Waals surface area (Å²) in [5, 5.41) is 8.92. The summed E-state index contributed by atoms with van der Waals surface area (Å²) in [5.74, 6) is 0. The minimum Gasteiger partial charge on any atom is -0.374 e. The molecule has 1 atom stereocenters. The number of ether oxygens (including phenoxy) is 1. The van der Waals surface area contributed by atoms with E-state index in [9.17, 15) is 9.59 Å². The number of hydrogen-bond acceptors (Lipinski definition) is 5. The highest BCUT2D eigenvalue weighted by atomic mass is 16.5. The van der Waals surface area contributed by atoms with Crippen molar-refractivity contribution in [3.63, 3.8) is 0 Å². The van der Waals surface area contributed by atoms with Crippen molar-refractivity contribution in [2.24, 2.45) is 0 Å². The Kier molecular flexibility index (Phi) is 4.89. The second-order valence-corrected chi connectivity index (χ2v) is 5.78. The molecule has 0 radical (unpaired) electrons. The number of nitrogens with zero attached hydrogens (tertiary/aromatic N) is 3. The Morgan fingerprint density at radius 1 is 1.29 bits per heavy atom. The summed E-state index contributed by atoms with van der Waals surface area (Å²) in [7, 11) is 0. The van der Waals surface area contributed by atoms with Gasteiger partial charge in [-0.2, -0.15) is 5.26 Å². The highest BCUT2D eigenvalue weighted by Gasteiger charge is 2.21. The van der Waals surface area contributed by atoms with Crippen LogP contribution in [-0.2, 0) is 17.8 Å². The van der Waals surface area contributed by atoms with Gasteiger partial charge in [-0.1, -0.05) is 30.3 Å². The standard InChI is InChI=1S/C17H18N4O3/c18-8-14-10-21(17(23)19-16(14)22)12-15-11-20(6-7-24-15)9-13-4-2-1-3-5-13/h1-5,10,15H,6-7,9,11-12H2,(H,19,22,23). The molecule has 7 heteroatoms. The number of aromatic nitrogens is 2. The van der Waals surface area contributed by atoms with E-state index in [1.54, 1.807) is 6.07 Å². The molecule has 1 aromatic carbocycles. The topological polar surface area (TPSA) is 91.1 Å². The van der Waals surface area contributed by atoms with E-state index in [4.69, 9.17) is 10.00 Å². The number of benzene rings is 1. The van der Waals surface area contributed by atoms with Gasteiger partial charge in [-0.05, 0) is 5.56 Å². The van der Waals surface area contributed by atoms with Crippen LogP contribution in [0.15, 0.2) is 46.1 Å². The molecule has 7 nitrogen and oxygen atoms in total. The maximum absolute atomic E-state index is 11.9. The van der Waals surface area contributed by atoms with Crippen molar-refractivity contribution in [2.75, 3.05) is 19.7 Å². The molecule has 2 heterocycles. The normalized spacial score (nSPS) is 18.2. The molecule has 1 fully saturated rings. The number of nitriles is 1. The molecule has 1 aliphatic rings. The van der Waals surface area contributed by atoms with E-state index in [2.05, 4.69) is 22.0 Å². The Morgan fingerprint density at radius 3 is 2.83 bits per heavy atom. The third-order valence-corrected chi connectivity index (χ3v) is 4.00. The lowest BCUT2D eigenvalue weighted by molar-refractivity contribution is -0.0393. The predicted octanol–water partition coefficient (Wildman–Crippen LogP) is 0.309. The first-order chi connectivity index (χ1) is 11.7. The largest absolute Gasteiger partial charge is 0.374 e. The molecule has 1 saturated heterocycles. The van der Waals surface area contributed by atoms with Crippen molar-refractivity contribution >= 4 is 0 Å². The zero-order chi connectivity index (χ0) is 16.9. The van der Waals surface area contributed by atoms with Gasteiger partial charge in [-0.25, -0.2) is 4.79 Å². The molecule has 2 aromatic rings. The zero-order valence-electron chi connectivity index (χ0n) is 13.1. The highest BCUT2D eigenvalue weighted by molar-refractivity contribution is 5.21. The Labute approximate surface area is 138 Å². The summed E-state index contributed by atoms with van der Waals surface area (Å²) in [4.78, 5) is 27.8. The molecule has 0 aliphatic carbocycles. The second-order valence-electron chi connectivity index (χ2n) is 5.78. The van der Waals surface area contributed by atoms with Gasteiger partial charge in [0.05, 0.1) is 19.3 Å². The van der Waals surface area contributed by atoms with E-state index in [0.717, 1.165) is 13.1 Å². The van der Waals surface area contributed by atoms with Crippen LogP contribution in [0, 0.1) is 11.3 Å². The molecule has 0 spiro atoms. The smallest absolute Gasteiger partial charge is 0.328 e. The molecule has 0 saturated carbocycles. The predicted molar refractivity (Wildman–Crippen MR) is 87.5 cm³/mol. The number of H-pyrrole nitrogens is 1. The van der Waals surface area contributed by atoms with E-state index in [1.165, 1.54) is 16.3 Å². The number of morpholine rings is 1.